The maximum Gasteiger partial charge on any atom is 0.231 e. The van der Waals surface area contributed by atoms with Gasteiger partial charge in [-0.3, -0.25) is 9.59 Å². The van der Waals surface area contributed by atoms with Crippen LogP contribution in [-0.4, -0.2) is 21.0 Å². The van der Waals surface area contributed by atoms with E-state index in [1.54, 1.807) is 24.3 Å². The highest BCUT2D eigenvalue weighted by atomic mass is 35.5. The molecule has 1 aliphatic rings. The monoisotopic (exact) mass is 570 g/mol. The lowest BCUT2D eigenvalue weighted by atomic mass is 10.0. The molecule has 1 aliphatic carbocycles. The molecule has 0 radical (unpaired) electrons. The molecule has 1 amide bonds. The van der Waals surface area contributed by atoms with Crippen molar-refractivity contribution < 1.29 is 14.0 Å². The van der Waals surface area contributed by atoms with Crippen molar-refractivity contribution in [2.24, 2.45) is 5.92 Å². The second-order valence-corrected chi connectivity index (χ2v) is 10.7. The smallest absolute Gasteiger partial charge is 0.231 e. The summed E-state index contributed by atoms with van der Waals surface area (Å²) in [6, 6.07) is 12.4. The first kappa shape index (κ1) is 25.9. The van der Waals surface area contributed by atoms with Crippen LogP contribution in [0.4, 0.5) is 10.1 Å². The minimum Gasteiger partial charge on any atom is -0.326 e. The molecule has 0 spiro atoms. The van der Waals surface area contributed by atoms with Crippen LogP contribution in [0.25, 0.3) is 6.08 Å². The zero-order valence-corrected chi connectivity index (χ0v) is 21.6. The maximum absolute atomic E-state index is 13.9. The Balaban J connectivity index is 1.50. The summed E-state index contributed by atoms with van der Waals surface area (Å²) in [6.07, 6.45) is 1.15. The first-order valence-corrected chi connectivity index (χ1v) is 12.2. The Kier molecular flexibility index (Phi) is 7.46. The molecule has 0 bridgehead atoms. The Morgan fingerprint density at radius 1 is 1.06 bits per heavy atom. The minimum absolute atomic E-state index is 0.149. The van der Waals surface area contributed by atoms with E-state index in [1.807, 2.05) is 0 Å². The van der Waals surface area contributed by atoms with E-state index in [-0.39, 0.29) is 28.3 Å². The Morgan fingerprint density at radius 3 is 2.37 bits per heavy atom. The van der Waals surface area contributed by atoms with Crippen LogP contribution in [0.15, 0.2) is 55.1 Å². The molecule has 35 heavy (non-hydrogen) atoms. The number of nitrogens with one attached hydrogen (secondary N) is 1. The summed E-state index contributed by atoms with van der Waals surface area (Å²) in [4.78, 5) is 29.6. The van der Waals surface area contributed by atoms with Gasteiger partial charge in [0, 0.05) is 32.8 Å². The number of aromatic nitrogens is 1. The molecule has 1 fully saturated rings. The van der Waals surface area contributed by atoms with Crippen molar-refractivity contribution in [1.82, 2.24) is 4.98 Å². The van der Waals surface area contributed by atoms with Crippen LogP contribution in [0.5, 0.6) is 0 Å². The molecule has 3 aromatic rings. The first-order chi connectivity index (χ1) is 16.5. The van der Waals surface area contributed by atoms with Gasteiger partial charge >= 0.3 is 0 Å². The standard InChI is InChI=1S/C25H16Cl5FN2O2/c1-2-12-3-4-17(32-23(12)31)11-20(34)18-10-16(5-6-19(18)28)33-24(35)22-21(25(22,29)30)13-7-14(26)9-15(27)8-13/h2-10,21-22H,1,11H2,(H,33,35). The molecule has 4 nitrogen and oxygen atoms in total. The van der Waals surface area contributed by atoms with Gasteiger partial charge in [-0.25, -0.2) is 4.98 Å². The van der Waals surface area contributed by atoms with E-state index in [0.717, 1.165) is 0 Å². The third-order valence-electron chi connectivity index (χ3n) is 5.61. The van der Waals surface area contributed by atoms with Crippen molar-refractivity contribution in [3.05, 3.63) is 98.5 Å². The molecule has 2 aromatic carbocycles. The molecule has 1 saturated carbocycles. The Hall–Kier alpha value is -2.15. The summed E-state index contributed by atoms with van der Waals surface area (Å²) in [6.45, 7) is 3.50. The van der Waals surface area contributed by atoms with Gasteiger partial charge in [0.05, 0.1) is 23.1 Å². The van der Waals surface area contributed by atoms with Crippen LogP contribution >= 0.6 is 58.0 Å². The lowest BCUT2D eigenvalue weighted by Crippen LogP contribution is -2.17. The van der Waals surface area contributed by atoms with Gasteiger partial charge in [-0.1, -0.05) is 47.5 Å². The Bertz CT molecular complexity index is 1340. The number of ketones is 1. The number of amides is 1. The number of rotatable bonds is 7. The molecule has 0 saturated heterocycles. The van der Waals surface area contributed by atoms with Crippen LogP contribution in [0.1, 0.15) is 33.1 Å². The van der Waals surface area contributed by atoms with Gasteiger partial charge in [0.2, 0.25) is 11.9 Å². The quantitative estimate of drug-likeness (QED) is 0.179. The number of anilines is 1. The number of carbonyl (C=O) groups is 2. The fourth-order valence-electron chi connectivity index (χ4n) is 3.85. The number of halogens is 6. The molecule has 0 aliphatic heterocycles. The van der Waals surface area contributed by atoms with E-state index in [2.05, 4.69) is 16.9 Å². The maximum atomic E-state index is 13.9. The van der Waals surface area contributed by atoms with E-state index < -0.39 is 33.8 Å². The minimum atomic E-state index is -1.35. The predicted octanol–water partition coefficient (Wildman–Crippen LogP) is 7.78. The van der Waals surface area contributed by atoms with Gasteiger partial charge in [0.25, 0.3) is 0 Å². The molecule has 4 rings (SSSR count). The summed E-state index contributed by atoms with van der Waals surface area (Å²) in [5.74, 6) is -2.85. The second kappa shape index (κ2) is 10.1. The van der Waals surface area contributed by atoms with Crippen LogP contribution in [0, 0.1) is 11.9 Å². The molecule has 2 atom stereocenters. The molecule has 10 heteroatoms. The normalized spacial score (nSPS) is 18.1. The number of carbonyl (C=O) groups excluding carboxylic acids is 2. The third-order valence-corrected chi connectivity index (χ3v) is 7.32. The van der Waals surface area contributed by atoms with Gasteiger partial charge in [-0.2, -0.15) is 4.39 Å². The van der Waals surface area contributed by atoms with E-state index in [9.17, 15) is 14.0 Å². The third kappa shape index (κ3) is 5.50. The van der Waals surface area contributed by atoms with Gasteiger partial charge in [0.1, 0.15) is 4.33 Å². The lowest BCUT2D eigenvalue weighted by molar-refractivity contribution is -0.117. The Labute approximate surface area is 226 Å². The fourth-order valence-corrected chi connectivity index (χ4v) is 5.45. The average molecular weight is 573 g/mol. The zero-order valence-electron chi connectivity index (χ0n) is 17.8. The average Bonchev–Trinajstić information content (AvgIpc) is 3.36. The second-order valence-electron chi connectivity index (χ2n) is 8.00. The van der Waals surface area contributed by atoms with E-state index >= 15 is 0 Å². The number of nitrogens with zero attached hydrogens (tertiary/aromatic N) is 1. The number of hydrogen-bond acceptors (Lipinski definition) is 3. The number of pyridine rings is 1. The topological polar surface area (TPSA) is 59.1 Å². The van der Waals surface area contributed by atoms with Crippen molar-refractivity contribution >= 4 is 81.5 Å². The van der Waals surface area contributed by atoms with Crippen LogP contribution in [0.3, 0.4) is 0 Å². The van der Waals surface area contributed by atoms with Crippen molar-refractivity contribution in [2.75, 3.05) is 5.32 Å². The number of benzene rings is 2. The SMILES string of the molecule is C=Cc1ccc(CC(=O)c2cc(NC(=O)C3C(c4cc(Cl)cc(Cl)c4)C3(Cl)Cl)ccc2Cl)nc1F. The van der Waals surface area contributed by atoms with E-state index in [1.165, 1.54) is 30.3 Å². The number of hydrogen-bond donors (Lipinski definition) is 1. The largest absolute Gasteiger partial charge is 0.326 e. The van der Waals surface area contributed by atoms with Gasteiger partial charge in [0.15, 0.2) is 5.78 Å². The summed E-state index contributed by atoms with van der Waals surface area (Å²) < 4.78 is 12.6. The molecule has 2 unspecified atom stereocenters. The molecular weight excluding hydrogens is 557 g/mol. The zero-order chi connectivity index (χ0) is 25.5. The molecule has 1 N–H and O–H groups in total. The van der Waals surface area contributed by atoms with Crippen molar-refractivity contribution in [3.63, 3.8) is 0 Å². The first-order valence-electron chi connectivity index (χ1n) is 10.3. The van der Waals surface area contributed by atoms with E-state index in [0.29, 0.717) is 21.3 Å². The highest BCUT2D eigenvalue weighted by Gasteiger charge is 2.67. The van der Waals surface area contributed by atoms with Crippen LogP contribution in [0.2, 0.25) is 15.1 Å². The van der Waals surface area contributed by atoms with Crippen LogP contribution < -0.4 is 5.32 Å². The predicted molar refractivity (Wildman–Crippen MR) is 140 cm³/mol. The number of Topliss-reactive ketones (excluding diaryl/α,β-unsaturated/α-hetero) is 1. The Morgan fingerprint density at radius 2 is 1.74 bits per heavy atom. The number of alkyl halides is 2. The summed E-state index contributed by atoms with van der Waals surface area (Å²) in [7, 11) is 0. The summed E-state index contributed by atoms with van der Waals surface area (Å²) in [5, 5.41) is 3.71. The molecule has 1 heterocycles. The molecule has 1 aromatic heterocycles. The molecule has 180 valence electrons. The highest BCUT2D eigenvalue weighted by Crippen LogP contribution is 2.65. The summed E-state index contributed by atoms with van der Waals surface area (Å²) in [5.41, 5.74) is 1.58. The van der Waals surface area contributed by atoms with Crippen molar-refractivity contribution in [1.29, 1.82) is 0 Å². The lowest BCUT2D eigenvalue weighted by Gasteiger charge is -2.09. The van der Waals surface area contributed by atoms with Crippen LogP contribution in [-0.2, 0) is 11.2 Å². The van der Waals surface area contributed by atoms with Gasteiger partial charge in [-0.05, 0) is 54.1 Å². The summed E-state index contributed by atoms with van der Waals surface area (Å²) >= 11 is 31.2. The highest BCUT2D eigenvalue weighted by molar-refractivity contribution is 6.53. The van der Waals surface area contributed by atoms with E-state index in [4.69, 9.17) is 58.0 Å². The fraction of sp³-hybridized carbons (Fsp3) is 0.160. The molecular formula is C25H16Cl5FN2O2. The van der Waals surface area contributed by atoms with Gasteiger partial charge in [-0.15, -0.1) is 23.2 Å². The van der Waals surface area contributed by atoms with Gasteiger partial charge < -0.3 is 5.32 Å². The van der Waals surface area contributed by atoms with Crippen molar-refractivity contribution in [3.8, 4) is 0 Å². The van der Waals surface area contributed by atoms with Crippen molar-refractivity contribution in [2.45, 2.75) is 16.7 Å².